The molecule has 1 rings (SSSR count). The topological polar surface area (TPSA) is 64.9 Å². The average Bonchev–Trinajstić information content (AvgIpc) is 2.27. The monoisotopic (exact) mass is 239 g/mol. The maximum atomic E-state index is 11.7. The van der Waals surface area contributed by atoms with Gasteiger partial charge in [0.1, 0.15) is 5.82 Å². The fourth-order valence-corrected chi connectivity index (χ4v) is 1.47. The predicted octanol–water partition coefficient (Wildman–Crippen LogP) is 0.857. The molecule has 0 fully saturated rings. The standard InChI is InChI=1S/C12H21N3O2/c1-5-6-11(16)15(4)10-8-13-9(7-14-10)12(2,3)17/h7-9,13,17H,5-6H2,1-4H3. The number of aliphatic imine (C=N–C) groups is 1. The molecule has 0 aromatic rings. The lowest BCUT2D eigenvalue weighted by atomic mass is 10.00. The van der Waals surface area contributed by atoms with Gasteiger partial charge in [0.2, 0.25) is 5.91 Å². The van der Waals surface area contributed by atoms with Gasteiger partial charge in [-0.3, -0.25) is 9.69 Å². The summed E-state index contributed by atoms with van der Waals surface area (Å²) in [5.74, 6) is 0.614. The Hall–Kier alpha value is -1.36. The molecule has 1 unspecified atom stereocenters. The normalized spacial score (nSPS) is 19.6. The van der Waals surface area contributed by atoms with Crippen LogP contribution < -0.4 is 5.32 Å². The van der Waals surface area contributed by atoms with E-state index in [4.69, 9.17) is 0 Å². The minimum absolute atomic E-state index is 0.0411. The molecule has 0 radical (unpaired) electrons. The third-order valence-corrected chi connectivity index (χ3v) is 2.69. The van der Waals surface area contributed by atoms with Gasteiger partial charge >= 0.3 is 0 Å². The lowest BCUT2D eigenvalue weighted by Gasteiger charge is -2.30. The molecule has 1 aliphatic rings. The fraction of sp³-hybridized carbons (Fsp3) is 0.667. The first-order valence-corrected chi connectivity index (χ1v) is 5.85. The Morgan fingerprint density at radius 1 is 1.65 bits per heavy atom. The first-order chi connectivity index (χ1) is 7.86. The minimum atomic E-state index is -0.877. The van der Waals surface area contributed by atoms with Gasteiger partial charge in [-0.2, -0.15) is 0 Å². The van der Waals surface area contributed by atoms with Crippen molar-refractivity contribution in [1.29, 1.82) is 0 Å². The van der Waals surface area contributed by atoms with E-state index in [0.29, 0.717) is 12.2 Å². The van der Waals surface area contributed by atoms with Crippen molar-refractivity contribution in [2.45, 2.75) is 45.3 Å². The maximum Gasteiger partial charge on any atom is 0.227 e. The van der Waals surface area contributed by atoms with Gasteiger partial charge in [-0.1, -0.05) is 6.92 Å². The molecule has 1 aliphatic heterocycles. The molecule has 0 saturated carbocycles. The van der Waals surface area contributed by atoms with Crippen LogP contribution in [0.4, 0.5) is 0 Å². The summed E-state index contributed by atoms with van der Waals surface area (Å²) in [5.41, 5.74) is -0.877. The van der Waals surface area contributed by atoms with Crippen LogP contribution in [0.1, 0.15) is 33.6 Å². The van der Waals surface area contributed by atoms with Crippen molar-refractivity contribution < 1.29 is 9.90 Å². The van der Waals surface area contributed by atoms with Crippen LogP contribution in [0.2, 0.25) is 0 Å². The fourth-order valence-electron chi connectivity index (χ4n) is 1.47. The highest BCUT2D eigenvalue weighted by Crippen LogP contribution is 2.14. The second-order valence-electron chi connectivity index (χ2n) is 4.78. The average molecular weight is 239 g/mol. The molecule has 1 heterocycles. The van der Waals surface area contributed by atoms with E-state index in [0.717, 1.165) is 6.42 Å². The van der Waals surface area contributed by atoms with Gasteiger partial charge in [-0.15, -0.1) is 0 Å². The molecule has 0 aromatic carbocycles. The zero-order valence-electron chi connectivity index (χ0n) is 10.9. The number of carbonyl (C=O) groups excluding carboxylic acids is 1. The van der Waals surface area contributed by atoms with Crippen LogP contribution in [-0.4, -0.2) is 40.8 Å². The van der Waals surface area contributed by atoms with Gasteiger partial charge in [0.25, 0.3) is 0 Å². The van der Waals surface area contributed by atoms with Crippen LogP contribution >= 0.6 is 0 Å². The Balaban J connectivity index is 2.64. The van der Waals surface area contributed by atoms with Crippen LogP contribution in [0.25, 0.3) is 0 Å². The summed E-state index contributed by atoms with van der Waals surface area (Å²) < 4.78 is 0. The largest absolute Gasteiger partial charge is 0.388 e. The second-order valence-corrected chi connectivity index (χ2v) is 4.78. The van der Waals surface area contributed by atoms with Crippen molar-refractivity contribution in [3.05, 3.63) is 12.0 Å². The summed E-state index contributed by atoms with van der Waals surface area (Å²) in [6, 6.07) is -0.235. The van der Waals surface area contributed by atoms with E-state index in [1.54, 1.807) is 33.3 Å². The number of amides is 1. The number of hydrogen-bond donors (Lipinski definition) is 2. The minimum Gasteiger partial charge on any atom is -0.388 e. The summed E-state index contributed by atoms with van der Waals surface area (Å²) in [6.45, 7) is 5.38. The molecule has 0 saturated heterocycles. The van der Waals surface area contributed by atoms with Gasteiger partial charge < -0.3 is 10.4 Å². The lowest BCUT2D eigenvalue weighted by molar-refractivity contribution is -0.128. The van der Waals surface area contributed by atoms with Gasteiger partial charge in [0.05, 0.1) is 11.6 Å². The van der Waals surface area contributed by atoms with E-state index in [1.807, 2.05) is 6.92 Å². The predicted molar refractivity (Wildman–Crippen MR) is 67.5 cm³/mol. The first kappa shape index (κ1) is 13.7. The van der Waals surface area contributed by atoms with Crippen molar-refractivity contribution in [2.24, 2.45) is 4.99 Å². The lowest BCUT2D eigenvalue weighted by Crippen LogP contribution is -2.48. The molecule has 0 spiro atoms. The van der Waals surface area contributed by atoms with E-state index >= 15 is 0 Å². The second kappa shape index (κ2) is 5.31. The van der Waals surface area contributed by atoms with E-state index in [2.05, 4.69) is 10.3 Å². The van der Waals surface area contributed by atoms with Crippen LogP contribution in [0.15, 0.2) is 17.0 Å². The van der Waals surface area contributed by atoms with Crippen molar-refractivity contribution in [2.75, 3.05) is 7.05 Å². The molecule has 5 nitrogen and oxygen atoms in total. The molecule has 0 aliphatic carbocycles. The summed E-state index contributed by atoms with van der Waals surface area (Å²) in [6.07, 6.45) is 4.62. The molecule has 0 aromatic heterocycles. The highest BCUT2D eigenvalue weighted by molar-refractivity contribution is 5.79. The summed E-state index contributed by atoms with van der Waals surface area (Å²) >= 11 is 0. The van der Waals surface area contributed by atoms with Crippen molar-refractivity contribution in [3.63, 3.8) is 0 Å². The Morgan fingerprint density at radius 2 is 2.29 bits per heavy atom. The summed E-state index contributed by atoms with van der Waals surface area (Å²) in [4.78, 5) is 17.4. The van der Waals surface area contributed by atoms with E-state index in [1.165, 1.54) is 4.90 Å². The van der Waals surface area contributed by atoms with Gasteiger partial charge in [0, 0.05) is 25.9 Å². The van der Waals surface area contributed by atoms with Crippen molar-refractivity contribution >= 4 is 12.1 Å². The molecule has 0 bridgehead atoms. The zero-order valence-corrected chi connectivity index (χ0v) is 10.9. The number of rotatable bonds is 4. The molecule has 1 amide bonds. The van der Waals surface area contributed by atoms with E-state index in [9.17, 15) is 9.90 Å². The Labute approximate surface area is 102 Å². The Bertz CT molecular complexity index is 342. The highest BCUT2D eigenvalue weighted by atomic mass is 16.3. The molecular weight excluding hydrogens is 218 g/mol. The molecule has 17 heavy (non-hydrogen) atoms. The van der Waals surface area contributed by atoms with Crippen LogP contribution in [0, 0.1) is 0 Å². The van der Waals surface area contributed by atoms with Crippen LogP contribution in [0.5, 0.6) is 0 Å². The molecule has 2 N–H and O–H groups in total. The summed E-state index contributed by atoms with van der Waals surface area (Å²) in [7, 11) is 1.70. The molecule has 5 heteroatoms. The van der Waals surface area contributed by atoms with E-state index in [-0.39, 0.29) is 11.9 Å². The Kier molecular flexibility index (Phi) is 4.28. The number of nitrogens with one attached hydrogen (secondary N) is 1. The third-order valence-electron chi connectivity index (χ3n) is 2.69. The summed E-state index contributed by atoms with van der Waals surface area (Å²) in [5, 5.41) is 12.8. The first-order valence-electron chi connectivity index (χ1n) is 5.85. The smallest absolute Gasteiger partial charge is 0.227 e. The number of nitrogens with zero attached hydrogens (tertiary/aromatic N) is 2. The third kappa shape index (κ3) is 3.56. The van der Waals surface area contributed by atoms with Crippen LogP contribution in [-0.2, 0) is 4.79 Å². The van der Waals surface area contributed by atoms with E-state index < -0.39 is 5.60 Å². The van der Waals surface area contributed by atoms with Gasteiger partial charge in [0.15, 0.2) is 0 Å². The number of carbonyl (C=O) groups is 1. The van der Waals surface area contributed by atoms with Crippen molar-refractivity contribution in [3.8, 4) is 0 Å². The molecule has 96 valence electrons. The maximum absolute atomic E-state index is 11.7. The molecule has 1 atom stereocenters. The van der Waals surface area contributed by atoms with Gasteiger partial charge in [-0.25, -0.2) is 4.99 Å². The van der Waals surface area contributed by atoms with Gasteiger partial charge in [-0.05, 0) is 20.3 Å². The SMILES string of the molecule is CCCC(=O)N(C)C1=CNC(C(C)(C)O)C=N1. The zero-order chi connectivity index (χ0) is 13.1. The highest BCUT2D eigenvalue weighted by Gasteiger charge is 2.27. The number of aliphatic hydroxyl groups is 1. The number of hydrogen-bond acceptors (Lipinski definition) is 4. The van der Waals surface area contributed by atoms with Crippen LogP contribution in [0.3, 0.4) is 0 Å². The Morgan fingerprint density at radius 3 is 2.71 bits per heavy atom. The quantitative estimate of drug-likeness (QED) is 0.764. The molecular formula is C12H21N3O2. The van der Waals surface area contributed by atoms with Crippen molar-refractivity contribution in [1.82, 2.24) is 10.2 Å².